The average molecular weight is 337 g/mol. The molecule has 1 amide bonds. The number of hydrogen-bond acceptors (Lipinski definition) is 3. The Labute approximate surface area is 139 Å². The van der Waals surface area contributed by atoms with Crippen LogP contribution in [0.25, 0.3) is 0 Å². The fraction of sp³-hybridized carbons (Fsp3) is 0.611. The standard InChI is InChI=1S/C18H27NO3S/c1-13(2)17(23(21,22)16-7-5-4-6-8-16)18(20)19-15-11-9-14(3)10-12-15/h9-13,16-17H,4-8H2,1-3H3,(H,19,20). The molecule has 1 aliphatic rings. The van der Waals surface area contributed by atoms with Gasteiger partial charge in [-0.05, 0) is 37.8 Å². The fourth-order valence-corrected chi connectivity index (χ4v) is 5.80. The van der Waals surface area contributed by atoms with E-state index in [9.17, 15) is 13.2 Å². The number of benzene rings is 1. The summed E-state index contributed by atoms with van der Waals surface area (Å²) in [5, 5.41) is 1.43. The van der Waals surface area contributed by atoms with Crippen molar-refractivity contribution in [3.63, 3.8) is 0 Å². The van der Waals surface area contributed by atoms with Crippen molar-refractivity contribution in [1.82, 2.24) is 0 Å². The third-order valence-electron chi connectivity index (χ3n) is 4.55. The van der Waals surface area contributed by atoms with Crippen molar-refractivity contribution >= 4 is 21.4 Å². The zero-order valence-electron chi connectivity index (χ0n) is 14.2. The Morgan fingerprint density at radius 3 is 2.17 bits per heavy atom. The Bertz CT molecular complexity index is 629. The Kier molecular flexibility index (Phi) is 5.84. The van der Waals surface area contributed by atoms with Gasteiger partial charge in [0, 0.05) is 5.69 Å². The van der Waals surface area contributed by atoms with Crippen molar-refractivity contribution in [1.29, 1.82) is 0 Å². The lowest BCUT2D eigenvalue weighted by atomic mass is 10.0. The summed E-state index contributed by atoms with van der Waals surface area (Å²) in [6.45, 7) is 5.58. The molecule has 1 aromatic carbocycles. The van der Waals surface area contributed by atoms with Crippen LogP contribution in [-0.2, 0) is 14.6 Å². The molecule has 0 aliphatic heterocycles. The molecule has 0 saturated heterocycles. The molecular weight excluding hydrogens is 310 g/mol. The van der Waals surface area contributed by atoms with E-state index in [-0.39, 0.29) is 11.2 Å². The molecule has 1 N–H and O–H groups in total. The number of amides is 1. The van der Waals surface area contributed by atoms with Gasteiger partial charge in [-0.1, -0.05) is 50.8 Å². The van der Waals surface area contributed by atoms with Crippen LogP contribution in [0, 0.1) is 12.8 Å². The topological polar surface area (TPSA) is 63.2 Å². The summed E-state index contributed by atoms with van der Waals surface area (Å²) in [6.07, 6.45) is 4.34. The van der Waals surface area contributed by atoms with Gasteiger partial charge >= 0.3 is 0 Å². The van der Waals surface area contributed by atoms with Gasteiger partial charge in [0.05, 0.1) is 5.25 Å². The Hall–Kier alpha value is -1.36. The molecule has 23 heavy (non-hydrogen) atoms. The Balaban J connectivity index is 2.19. The van der Waals surface area contributed by atoms with Crippen molar-refractivity contribution in [3.05, 3.63) is 29.8 Å². The van der Waals surface area contributed by atoms with E-state index in [0.29, 0.717) is 18.5 Å². The molecule has 0 heterocycles. The summed E-state index contributed by atoms with van der Waals surface area (Å²) in [5.41, 5.74) is 1.74. The molecule has 128 valence electrons. The summed E-state index contributed by atoms with van der Waals surface area (Å²) in [5.74, 6) is -0.651. The maximum Gasteiger partial charge on any atom is 0.242 e. The van der Waals surface area contributed by atoms with E-state index in [2.05, 4.69) is 5.32 Å². The van der Waals surface area contributed by atoms with Crippen LogP contribution in [0.1, 0.15) is 51.5 Å². The Morgan fingerprint density at radius 1 is 1.09 bits per heavy atom. The van der Waals surface area contributed by atoms with Crippen LogP contribution in [0.15, 0.2) is 24.3 Å². The summed E-state index contributed by atoms with van der Waals surface area (Å²) in [4.78, 5) is 12.6. The van der Waals surface area contributed by atoms with E-state index in [1.807, 2.05) is 19.1 Å². The van der Waals surface area contributed by atoms with Gasteiger partial charge in [0.2, 0.25) is 5.91 Å². The SMILES string of the molecule is Cc1ccc(NC(=O)C(C(C)C)S(=O)(=O)C2CCCCC2)cc1. The predicted molar refractivity (Wildman–Crippen MR) is 94.2 cm³/mol. The lowest BCUT2D eigenvalue weighted by Crippen LogP contribution is -2.44. The van der Waals surface area contributed by atoms with Gasteiger partial charge < -0.3 is 5.32 Å². The highest BCUT2D eigenvalue weighted by Gasteiger charge is 2.41. The van der Waals surface area contributed by atoms with E-state index in [0.717, 1.165) is 24.8 Å². The highest BCUT2D eigenvalue weighted by atomic mass is 32.2. The minimum absolute atomic E-state index is 0.243. The first-order valence-electron chi connectivity index (χ1n) is 8.42. The number of rotatable bonds is 5. The zero-order chi connectivity index (χ0) is 17.0. The van der Waals surface area contributed by atoms with Crippen molar-refractivity contribution in [2.24, 2.45) is 5.92 Å². The van der Waals surface area contributed by atoms with Crippen LogP contribution < -0.4 is 5.32 Å². The first kappa shape index (κ1) is 18.0. The molecule has 0 radical (unpaired) electrons. The maximum atomic E-state index is 13.0. The second-order valence-corrected chi connectivity index (χ2v) is 9.22. The van der Waals surface area contributed by atoms with Crippen LogP contribution in [0.2, 0.25) is 0 Å². The number of carbonyl (C=O) groups excluding carboxylic acids is 1. The number of aryl methyl sites for hydroxylation is 1. The first-order chi connectivity index (χ1) is 10.8. The van der Waals surface area contributed by atoms with E-state index in [1.54, 1.807) is 26.0 Å². The molecule has 2 rings (SSSR count). The second kappa shape index (κ2) is 7.47. The molecule has 0 aromatic heterocycles. The fourth-order valence-electron chi connectivity index (χ4n) is 3.28. The zero-order valence-corrected chi connectivity index (χ0v) is 15.0. The van der Waals surface area contributed by atoms with Crippen LogP contribution in [-0.4, -0.2) is 24.8 Å². The third kappa shape index (κ3) is 4.34. The van der Waals surface area contributed by atoms with Crippen LogP contribution in [0.5, 0.6) is 0 Å². The van der Waals surface area contributed by atoms with Crippen LogP contribution >= 0.6 is 0 Å². The lowest BCUT2D eigenvalue weighted by molar-refractivity contribution is -0.116. The van der Waals surface area contributed by atoms with Crippen LogP contribution in [0.3, 0.4) is 0 Å². The van der Waals surface area contributed by atoms with Gasteiger partial charge in [-0.25, -0.2) is 8.42 Å². The van der Waals surface area contributed by atoms with E-state index in [1.165, 1.54) is 0 Å². The van der Waals surface area contributed by atoms with Gasteiger partial charge in [-0.2, -0.15) is 0 Å². The molecule has 1 unspecified atom stereocenters. The molecule has 1 atom stereocenters. The Morgan fingerprint density at radius 2 is 1.65 bits per heavy atom. The molecule has 1 aromatic rings. The van der Waals surface area contributed by atoms with Gasteiger partial charge in [0.1, 0.15) is 5.25 Å². The largest absolute Gasteiger partial charge is 0.325 e. The number of sulfone groups is 1. The molecule has 0 spiro atoms. The minimum Gasteiger partial charge on any atom is -0.325 e. The molecule has 1 saturated carbocycles. The number of carbonyl (C=O) groups is 1. The number of nitrogens with one attached hydrogen (secondary N) is 1. The molecular formula is C18H27NO3S. The number of hydrogen-bond donors (Lipinski definition) is 1. The van der Waals surface area contributed by atoms with Crippen molar-refractivity contribution in [3.8, 4) is 0 Å². The predicted octanol–water partition coefficient (Wildman–Crippen LogP) is 3.71. The summed E-state index contributed by atoms with van der Waals surface area (Å²) in [7, 11) is -3.46. The average Bonchev–Trinajstić information content (AvgIpc) is 2.50. The normalized spacial score (nSPS) is 17.9. The van der Waals surface area contributed by atoms with Crippen molar-refractivity contribution in [2.45, 2.75) is 63.4 Å². The van der Waals surface area contributed by atoms with Gasteiger partial charge in [0.25, 0.3) is 0 Å². The summed E-state index contributed by atoms with van der Waals surface area (Å²) >= 11 is 0. The first-order valence-corrected chi connectivity index (χ1v) is 10.0. The quantitative estimate of drug-likeness (QED) is 0.891. The van der Waals surface area contributed by atoms with E-state index in [4.69, 9.17) is 0 Å². The van der Waals surface area contributed by atoms with Crippen molar-refractivity contribution in [2.75, 3.05) is 5.32 Å². The number of anilines is 1. The second-order valence-electron chi connectivity index (χ2n) is 6.87. The molecule has 1 aliphatic carbocycles. The van der Waals surface area contributed by atoms with E-state index >= 15 is 0 Å². The van der Waals surface area contributed by atoms with Gasteiger partial charge in [-0.15, -0.1) is 0 Å². The molecule has 5 heteroatoms. The van der Waals surface area contributed by atoms with Crippen LogP contribution in [0.4, 0.5) is 5.69 Å². The highest BCUT2D eigenvalue weighted by molar-refractivity contribution is 7.93. The summed E-state index contributed by atoms with van der Waals surface area (Å²) < 4.78 is 25.9. The third-order valence-corrected chi connectivity index (χ3v) is 7.42. The monoisotopic (exact) mass is 337 g/mol. The maximum absolute atomic E-state index is 13.0. The molecule has 0 bridgehead atoms. The van der Waals surface area contributed by atoms with Crippen molar-refractivity contribution < 1.29 is 13.2 Å². The highest BCUT2D eigenvalue weighted by Crippen LogP contribution is 2.29. The minimum atomic E-state index is -3.46. The van der Waals surface area contributed by atoms with Gasteiger partial charge in [0.15, 0.2) is 9.84 Å². The van der Waals surface area contributed by atoms with E-state index < -0.39 is 21.0 Å². The molecule has 4 nitrogen and oxygen atoms in total. The van der Waals surface area contributed by atoms with Gasteiger partial charge in [-0.3, -0.25) is 4.79 Å². The summed E-state index contributed by atoms with van der Waals surface area (Å²) in [6, 6.07) is 7.40. The smallest absolute Gasteiger partial charge is 0.242 e. The molecule has 1 fully saturated rings. The lowest BCUT2D eigenvalue weighted by Gasteiger charge is -2.28.